The lowest BCUT2D eigenvalue weighted by Crippen LogP contribution is -2.42. The van der Waals surface area contributed by atoms with Crippen LogP contribution in [0, 0.1) is 47.0 Å². The van der Waals surface area contributed by atoms with E-state index >= 15 is 0 Å². The van der Waals surface area contributed by atoms with E-state index in [9.17, 15) is 33.6 Å². The second-order valence-electron chi connectivity index (χ2n) is 27.2. The van der Waals surface area contributed by atoms with Gasteiger partial charge in [-0.2, -0.15) is 4.98 Å². The van der Waals surface area contributed by atoms with E-state index in [2.05, 4.69) is 93.8 Å². The molecule has 514 valence electrons. The van der Waals surface area contributed by atoms with Crippen LogP contribution in [0.25, 0.3) is 35.7 Å². The maximum atomic E-state index is 12.5. The molecule has 22 nitrogen and oxygen atoms in total. The summed E-state index contributed by atoms with van der Waals surface area (Å²) in [5.74, 6) is 1.10. The highest BCUT2D eigenvalue weighted by atomic mass is 16.5. The molecule has 3 N–H and O–H groups in total. The quantitative estimate of drug-likeness (QED) is 0.0207. The molecule has 0 saturated heterocycles. The summed E-state index contributed by atoms with van der Waals surface area (Å²) < 4.78 is 18.1. The first-order valence-corrected chi connectivity index (χ1v) is 34.4. The second-order valence-corrected chi connectivity index (χ2v) is 27.2. The Morgan fingerprint density at radius 3 is 1.55 bits per heavy atom. The van der Waals surface area contributed by atoms with Gasteiger partial charge in [-0.25, -0.2) is 29.7 Å². The van der Waals surface area contributed by atoms with Crippen molar-refractivity contribution in [3.8, 4) is 11.5 Å². The predicted octanol–water partition coefficient (Wildman–Crippen LogP) is 11.3. The summed E-state index contributed by atoms with van der Waals surface area (Å²) in [6.07, 6.45) is 18.7. The average molecular weight is 1320 g/mol. The Balaban J connectivity index is 0.000000184. The van der Waals surface area contributed by atoms with Crippen molar-refractivity contribution in [1.29, 1.82) is 0 Å². The fraction of sp³-hybridized carbons (Fsp3) is 0.527. The summed E-state index contributed by atoms with van der Waals surface area (Å²) >= 11 is 0. The average Bonchev–Trinajstić information content (AvgIpc) is 0.774. The molecule has 1 atom stereocenters. The van der Waals surface area contributed by atoms with Crippen molar-refractivity contribution in [2.75, 3.05) is 29.5 Å². The zero-order valence-electron chi connectivity index (χ0n) is 58.3. The van der Waals surface area contributed by atoms with Crippen LogP contribution in [-0.4, -0.2) is 89.3 Å². The molecular formula is C74H98N12O10. The molecule has 1 fully saturated rings. The molecule has 96 heavy (non-hydrogen) atoms. The predicted molar refractivity (Wildman–Crippen MR) is 376 cm³/mol. The number of ether oxygens (including phenoxy) is 3. The van der Waals surface area contributed by atoms with E-state index in [1.807, 2.05) is 91.1 Å². The minimum Gasteiger partial charge on any atom is -0.465 e. The van der Waals surface area contributed by atoms with Gasteiger partial charge in [0.2, 0.25) is 0 Å². The van der Waals surface area contributed by atoms with Gasteiger partial charge in [0.15, 0.2) is 33.9 Å². The summed E-state index contributed by atoms with van der Waals surface area (Å²) in [4.78, 5) is 123. The van der Waals surface area contributed by atoms with Crippen LogP contribution in [0.3, 0.4) is 0 Å². The number of carbonyl (C=O) groups excluding carboxylic acids is 3. The normalized spacial score (nSPS) is 13.6. The summed E-state index contributed by atoms with van der Waals surface area (Å²) in [6.45, 7) is 32.4. The van der Waals surface area contributed by atoms with Crippen molar-refractivity contribution in [1.82, 2.24) is 39.5 Å². The molecule has 0 bridgehead atoms. The number of carbonyl (C=O) groups is 3. The molecule has 0 spiro atoms. The van der Waals surface area contributed by atoms with Crippen molar-refractivity contribution in [3.05, 3.63) is 133 Å². The van der Waals surface area contributed by atoms with Gasteiger partial charge in [-0.3, -0.25) is 33.8 Å². The maximum Gasteiger partial charge on any atom is 0.349 e. The maximum absolute atomic E-state index is 12.5. The van der Waals surface area contributed by atoms with Gasteiger partial charge in [-0.15, -0.1) is 0 Å². The summed E-state index contributed by atoms with van der Waals surface area (Å²) in [6, 6.07) is 12.2. The molecule has 2 aromatic heterocycles. The third kappa shape index (κ3) is 19.8. The first-order valence-electron chi connectivity index (χ1n) is 34.4. The molecule has 5 aliphatic rings. The van der Waals surface area contributed by atoms with Crippen molar-refractivity contribution >= 4 is 76.5 Å². The van der Waals surface area contributed by atoms with Gasteiger partial charge in [0, 0.05) is 38.9 Å². The van der Waals surface area contributed by atoms with Crippen molar-refractivity contribution in [2.45, 2.75) is 230 Å². The molecule has 0 radical (unpaired) electrons. The van der Waals surface area contributed by atoms with Gasteiger partial charge in [0.1, 0.15) is 17.1 Å². The molecule has 0 amide bonds. The first-order chi connectivity index (χ1) is 45.8. The van der Waals surface area contributed by atoms with E-state index in [0.717, 1.165) is 153 Å². The number of rotatable bonds is 25. The Kier molecular flexibility index (Phi) is 25.5. The molecule has 22 heteroatoms. The lowest BCUT2D eigenvalue weighted by Gasteiger charge is -2.28. The standard InChI is InChI=1S/C26H34N4O3.C25H34N4O3.C23H30N4O4/c1-17-15-21-22(16-18(17)2)30(25-24(29-21)26(32)28-19(3)27-25)14-10-5-4-9-13-23(31)33-20-11-7-6-8-12-20;1-16-13-19-20(14-17(16)2)29(23-22(28-19)24(31)27-18(3)26-23)12-10-8-7-9-11-21(30)32-15-25(4,5)6;1-5-16(4)31-19(28)10-8-6-7-9-11-27-18-13-15(3)14(2)12-17(18)24-20-21(27)25-23(30)26-22(20)29/h15-16,20H,3-14H2,1-2H3,(H,28,32);13-14H,3,7-12,15H2,1-2,4-6H3,(H,27,31);12-13,16H,5-11H2,1-4H3,(H,26,29,30). The number of esters is 3. The molecule has 6 heterocycles. The number of aromatic amines is 3. The highest BCUT2D eigenvalue weighted by Crippen LogP contribution is 2.39. The Morgan fingerprint density at radius 1 is 0.562 bits per heavy atom. The highest BCUT2D eigenvalue weighted by molar-refractivity contribution is 5.82. The topological polar surface area (TPSA) is 282 Å². The van der Waals surface area contributed by atoms with Gasteiger partial charge < -0.3 is 38.5 Å². The Bertz CT molecular complexity index is 4390. The van der Waals surface area contributed by atoms with Crippen LogP contribution in [0.15, 0.2) is 65.6 Å². The van der Waals surface area contributed by atoms with Crippen LogP contribution >= 0.6 is 0 Å². The van der Waals surface area contributed by atoms with Crippen LogP contribution in [-0.2, 0) is 35.1 Å². The van der Waals surface area contributed by atoms with E-state index in [-0.39, 0.29) is 52.3 Å². The van der Waals surface area contributed by atoms with Crippen LogP contribution in [0.1, 0.15) is 203 Å². The zero-order chi connectivity index (χ0) is 69.4. The highest BCUT2D eigenvalue weighted by Gasteiger charge is 2.27. The molecular weight excluding hydrogens is 1220 g/mol. The SMILES string of the molecule is C=c1nc2c(c(=O)[nH]1)=Nc1cc(C)c(C)cc1N2CCCCCCC(=O)OC1CCCCC1.C=c1nc2c(c(=O)[nH]1)=Nc1cc(C)c(C)cc1N2CCCCCCC(=O)OCC(C)(C)C.CCC(C)OC(=O)CCCCCCn1c2nc(=O)[nH]c(=O)c-2nc2cc(C)c(C)cc21. The van der Waals surface area contributed by atoms with Gasteiger partial charge in [0.05, 0.1) is 46.5 Å². The minimum absolute atomic E-state index is 0.0104. The lowest BCUT2D eigenvalue weighted by molar-refractivity contribution is -0.151. The number of H-pyrrole nitrogens is 3. The Morgan fingerprint density at radius 2 is 1.03 bits per heavy atom. The number of nitrogens with zero attached hydrogens (tertiary/aromatic N) is 9. The summed E-state index contributed by atoms with van der Waals surface area (Å²) in [5.41, 5.74) is 11.0. The first kappa shape index (κ1) is 72.9. The third-order valence-electron chi connectivity index (χ3n) is 17.8. The van der Waals surface area contributed by atoms with Crippen LogP contribution in [0.4, 0.5) is 34.4 Å². The van der Waals surface area contributed by atoms with E-state index < -0.39 is 11.2 Å². The third-order valence-corrected chi connectivity index (χ3v) is 17.8. The molecule has 4 aliphatic heterocycles. The number of fused-ring (bicyclic) bond motifs is 6. The van der Waals surface area contributed by atoms with Crippen molar-refractivity contribution < 1.29 is 28.6 Å². The van der Waals surface area contributed by atoms with Crippen molar-refractivity contribution in [2.24, 2.45) is 15.4 Å². The minimum atomic E-state index is -0.670. The molecule has 3 aromatic carbocycles. The number of aryl methyl sites for hydroxylation is 7. The largest absolute Gasteiger partial charge is 0.465 e. The van der Waals surface area contributed by atoms with E-state index in [1.54, 1.807) is 0 Å². The monoisotopic (exact) mass is 1310 g/mol. The fourth-order valence-electron chi connectivity index (χ4n) is 11.8. The number of hydrogen-bond acceptors (Lipinski definition) is 18. The number of aromatic nitrogens is 8. The van der Waals surface area contributed by atoms with E-state index in [4.69, 9.17) is 14.2 Å². The van der Waals surface area contributed by atoms with Crippen LogP contribution < -0.4 is 53.8 Å². The smallest absolute Gasteiger partial charge is 0.349 e. The fourth-order valence-corrected chi connectivity index (χ4v) is 11.8. The Labute approximate surface area is 561 Å². The Hall–Kier alpha value is -8.95. The zero-order valence-corrected chi connectivity index (χ0v) is 58.3. The van der Waals surface area contributed by atoms with Gasteiger partial charge >= 0.3 is 23.6 Å². The number of benzene rings is 3. The van der Waals surface area contributed by atoms with Gasteiger partial charge in [-0.05, 0) is 194 Å². The summed E-state index contributed by atoms with van der Waals surface area (Å²) in [7, 11) is 0. The number of unbranched alkanes of at least 4 members (excludes halogenated alkanes) is 9. The summed E-state index contributed by atoms with van der Waals surface area (Å²) in [5, 5.41) is 0.665. The van der Waals surface area contributed by atoms with Gasteiger partial charge in [0.25, 0.3) is 16.7 Å². The molecule has 5 aromatic rings. The van der Waals surface area contributed by atoms with E-state index in [0.29, 0.717) is 83.6 Å². The van der Waals surface area contributed by atoms with Gasteiger partial charge in [-0.1, -0.05) is 85.8 Å². The van der Waals surface area contributed by atoms with Crippen molar-refractivity contribution in [3.63, 3.8) is 0 Å². The van der Waals surface area contributed by atoms with E-state index in [1.165, 1.54) is 30.4 Å². The number of anilines is 4. The lowest BCUT2D eigenvalue weighted by atomic mass is 9.98. The molecule has 10 rings (SSSR count). The van der Waals surface area contributed by atoms with Crippen LogP contribution in [0.5, 0.6) is 0 Å². The second kappa shape index (κ2) is 33.6. The molecule has 1 saturated carbocycles. The molecule has 1 unspecified atom stereocenters. The number of hydrogen-bond donors (Lipinski definition) is 3. The number of nitrogens with one attached hydrogen (secondary N) is 3. The molecule has 1 aliphatic carbocycles. The van der Waals surface area contributed by atoms with Crippen LogP contribution in [0.2, 0.25) is 0 Å².